The quantitative estimate of drug-likeness (QED) is 0.656. The lowest BCUT2D eigenvalue weighted by Gasteiger charge is -2.23. The second-order valence-corrected chi connectivity index (χ2v) is 4.47. The molecule has 0 rings (SSSR count). The number of rotatable bonds is 5. The van der Waals surface area contributed by atoms with E-state index in [9.17, 15) is 9.59 Å². The molecule has 0 radical (unpaired) electrons. The molecule has 0 bridgehead atoms. The normalized spacial score (nSPS) is 11.4. The first-order valence-corrected chi connectivity index (χ1v) is 5.29. The predicted octanol–water partition coefficient (Wildman–Crippen LogP) is 0.823. The van der Waals surface area contributed by atoms with E-state index in [4.69, 9.17) is 4.74 Å². The number of esters is 2. The number of nitrogens with zero attached hydrogens (tertiary/aromatic N) is 1. The maximum Gasteiger partial charge on any atom is 0.320 e. The molecule has 0 saturated carbocycles. The molecule has 94 valence electrons. The highest BCUT2D eigenvalue weighted by Gasteiger charge is 2.19. The lowest BCUT2D eigenvalue weighted by atomic mass is 10.2. The summed E-state index contributed by atoms with van der Waals surface area (Å²) in [4.78, 5) is 24.2. The second-order valence-electron chi connectivity index (χ2n) is 4.47. The topological polar surface area (TPSA) is 55.8 Å². The fraction of sp³-hybridized carbons (Fsp3) is 0.818. The minimum atomic E-state index is -0.498. The molecule has 0 aromatic carbocycles. The average Bonchev–Trinajstić information content (AvgIpc) is 2.13. The van der Waals surface area contributed by atoms with Gasteiger partial charge in [0, 0.05) is 0 Å². The molecule has 0 heterocycles. The van der Waals surface area contributed by atoms with Crippen LogP contribution in [0, 0.1) is 0 Å². The monoisotopic (exact) mass is 231 g/mol. The highest BCUT2D eigenvalue weighted by atomic mass is 16.6. The van der Waals surface area contributed by atoms with Gasteiger partial charge in [0.25, 0.3) is 0 Å². The van der Waals surface area contributed by atoms with E-state index in [2.05, 4.69) is 4.74 Å². The summed E-state index contributed by atoms with van der Waals surface area (Å²) in [6, 6.07) is 0. The van der Waals surface area contributed by atoms with Crippen LogP contribution in [-0.2, 0) is 19.1 Å². The Hall–Kier alpha value is -1.10. The number of hydrogen-bond acceptors (Lipinski definition) is 5. The Labute approximate surface area is 96.7 Å². The Kier molecular flexibility index (Phi) is 6.03. The largest absolute Gasteiger partial charge is 0.468 e. The smallest absolute Gasteiger partial charge is 0.320 e. The van der Waals surface area contributed by atoms with E-state index in [-0.39, 0.29) is 25.0 Å². The van der Waals surface area contributed by atoms with Crippen LogP contribution in [0.4, 0.5) is 0 Å². The maximum atomic E-state index is 11.5. The third-order valence-corrected chi connectivity index (χ3v) is 1.80. The van der Waals surface area contributed by atoms with Gasteiger partial charge in [0.05, 0.1) is 20.2 Å². The van der Waals surface area contributed by atoms with Gasteiger partial charge in [-0.05, 0) is 27.3 Å². The zero-order chi connectivity index (χ0) is 12.8. The van der Waals surface area contributed by atoms with Crippen LogP contribution >= 0.6 is 0 Å². The standard InChI is InChI=1S/C11H21NO4/c1-6-12(7-9(13)15-5)8-10(14)16-11(2,3)4/h6-8H2,1-5H3. The summed E-state index contributed by atoms with van der Waals surface area (Å²) >= 11 is 0. The molecule has 0 aliphatic carbocycles. The van der Waals surface area contributed by atoms with Gasteiger partial charge in [-0.15, -0.1) is 0 Å². The Morgan fingerprint density at radius 3 is 2.00 bits per heavy atom. The van der Waals surface area contributed by atoms with Crippen LogP contribution in [-0.4, -0.2) is 49.2 Å². The van der Waals surface area contributed by atoms with Gasteiger partial charge in [0.2, 0.25) is 0 Å². The van der Waals surface area contributed by atoms with Gasteiger partial charge in [-0.2, -0.15) is 0 Å². The highest BCUT2D eigenvalue weighted by molar-refractivity contribution is 5.75. The van der Waals surface area contributed by atoms with Crippen molar-refractivity contribution in [1.29, 1.82) is 0 Å². The molecule has 0 aromatic rings. The maximum absolute atomic E-state index is 11.5. The third kappa shape index (κ3) is 7.23. The molecule has 0 fully saturated rings. The second kappa shape index (κ2) is 6.48. The predicted molar refractivity (Wildman–Crippen MR) is 60.0 cm³/mol. The van der Waals surface area contributed by atoms with Crippen LogP contribution in [0.15, 0.2) is 0 Å². The van der Waals surface area contributed by atoms with Crippen molar-refractivity contribution in [3.05, 3.63) is 0 Å². The Balaban J connectivity index is 4.12. The van der Waals surface area contributed by atoms with Crippen LogP contribution in [0.2, 0.25) is 0 Å². The van der Waals surface area contributed by atoms with Gasteiger partial charge in [-0.3, -0.25) is 14.5 Å². The van der Waals surface area contributed by atoms with Crippen molar-refractivity contribution >= 4 is 11.9 Å². The molecule has 5 heteroatoms. The van der Waals surface area contributed by atoms with E-state index in [0.717, 1.165) is 0 Å². The zero-order valence-electron chi connectivity index (χ0n) is 10.7. The number of ether oxygens (including phenoxy) is 2. The van der Waals surface area contributed by atoms with Crippen LogP contribution in [0.5, 0.6) is 0 Å². The van der Waals surface area contributed by atoms with Gasteiger partial charge in [-0.25, -0.2) is 0 Å². The summed E-state index contributed by atoms with van der Waals surface area (Å²) in [6.07, 6.45) is 0. The third-order valence-electron chi connectivity index (χ3n) is 1.80. The molecule has 0 unspecified atom stereocenters. The van der Waals surface area contributed by atoms with Gasteiger partial charge in [0.1, 0.15) is 5.60 Å². The van der Waals surface area contributed by atoms with E-state index < -0.39 is 5.60 Å². The van der Waals surface area contributed by atoms with Crippen molar-refractivity contribution in [1.82, 2.24) is 4.90 Å². The molecule has 0 amide bonds. The number of methoxy groups -OCH3 is 1. The first-order valence-electron chi connectivity index (χ1n) is 5.29. The molecule has 16 heavy (non-hydrogen) atoms. The zero-order valence-corrected chi connectivity index (χ0v) is 10.7. The molecular weight excluding hydrogens is 210 g/mol. The van der Waals surface area contributed by atoms with Gasteiger partial charge < -0.3 is 9.47 Å². The van der Waals surface area contributed by atoms with Gasteiger partial charge in [-0.1, -0.05) is 6.92 Å². The molecule has 0 N–H and O–H groups in total. The summed E-state index contributed by atoms with van der Waals surface area (Å²) in [5, 5.41) is 0. The van der Waals surface area contributed by atoms with E-state index in [1.54, 1.807) is 4.90 Å². The van der Waals surface area contributed by atoms with Crippen molar-refractivity contribution in [2.24, 2.45) is 0 Å². The van der Waals surface area contributed by atoms with E-state index in [1.807, 2.05) is 27.7 Å². The van der Waals surface area contributed by atoms with Crippen molar-refractivity contribution in [2.45, 2.75) is 33.3 Å². The minimum Gasteiger partial charge on any atom is -0.468 e. The van der Waals surface area contributed by atoms with Crippen LogP contribution in [0.3, 0.4) is 0 Å². The summed E-state index contributed by atoms with van der Waals surface area (Å²) in [6.45, 7) is 8.08. The Morgan fingerprint density at radius 1 is 1.12 bits per heavy atom. The molecule has 0 aliphatic rings. The van der Waals surface area contributed by atoms with Gasteiger partial charge >= 0.3 is 11.9 Å². The molecule has 0 saturated heterocycles. The molecule has 0 atom stereocenters. The van der Waals surface area contributed by atoms with E-state index in [0.29, 0.717) is 6.54 Å². The lowest BCUT2D eigenvalue weighted by molar-refractivity contribution is -0.156. The van der Waals surface area contributed by atoms with Crippen molar-refractivity contribution in [3.8, 4) is 0 Å². The molecular formula is C11H21NO4. The summed E-state index contributed by atoms with van der Waals surface area (Å²) in [5.74, 6) is -0.691. The van der Waals surface area contributed by atoms with Crippen LogP contribution in [0.25, 0.3) is 0 Å². The SMILES string of the molecule is CCN(CC(=O)OC)CC(=O)OC(C)(C)C. The summed E-state index contributed by atoms with van der Waals surface area (Å²) in [7, 11) is 1.32. The van der Waals surface area contributed by atoms with E-state index >= 15 is 0 Å². The first kappa shape index (κ1) is 14.9. The molecule has 5 nitrogen and oxygen atoms in total. The van der Waals surface area contributed by atoms with Gasteiger partial charge in [0.15, 0.2) is 0 Å². The van der Waals surface area contributed by atoms with Crippen LogP contribution < -0.4 is 0 Å². The number of carbonyl (C=O) groups is 2. The van der Waals surface area contributed by atoms with Crippen molar-refractivity contribution in [2.75, 3.05) is 26.7 Å². The van der Waals surface area contributed by atoms with Crippen molar-refractivity contribution < 1.29 is 19.1 Å². The van der Waals surface area contributed by atoms with Crippen molar-refractivity contribution in [3.63, 3.8) is 0 Å². The Bertz CT molecular complexity index is 245. The molecule has 0 aliphatic heterocycles. The summed E-state index contributed by atoms with van der Waals surface area (Å²) in [5.41, 5.74) is -0.498. The average molecular weight is 231 g/mol. The minimum absolute atomic E-state index is 0.100. The number of hydrogen-bond donors (Lipinski definition) is 0. The summed E-state index contributed by atoms with van der Waals surface area (Å²) < 4.78 is 9.68. The fourth-order valence-electron chi connectivity index (χ4n) is 1.08. The Morgan fingerprint density at radius 2 is 1.62 bits per heavy atom. The fourth-order valence-corrected chi connectivity index (χ4v) is 1.08. The number of carbonyl (C=O) groups excluding carboxylic acids is 2. The first-order chi connectivity index (χ1) is 7.28. The molecule has 0 aromatic heterocycles. The molecule has 0 spiro atoms. The van der Waals surface area contributed by atoms with E-state index in [1.165, 1.54) is 7.11 Å². The lowest BCUT2D eigenvalue weighted by Crippen LogP contribution is -2.38. The number of likely N-dealkylation sites (N-methyl/N-ethyl adjacent to an activating group) is 1. The van der Waals surface area contributed by atoms with Crippen LogP contribution in [0.1, 0.15) is 27.7 Å². The highest BCUT2D eigenvalue weighted by Crippen LogP contribution is 2.07.